The number of nitrogens with zero attached hydrogens (tertiary/aromatic N) is 2. The van der Waals surface area contributed by atoms with Crippen LogP contribution in [0.15, 0.2) is 29.6 Å². The molecule has 5 heteroatoms. The Hall–Kier alpha value is -1.59. The van der Waals surface area contributed by atoms with Crippen molar-refractivity contribution in [3.05, 3.63) is 41.1 Å². The van der Waals surface area contributed by atoms with Crippen LogP contribution in [0.4, 0.5) is 0 Å². The predicted molar refractivity (Wildman–Crippen MR) is 75.7 cm³/mol. The molecule has 0 amide bonds. The first-order chi connectivity index (χ1) is 9.13. The van der Waals surface area contributed by atoms with E-state index in [2.05, 4.69) is 16.9 Å². The highest BCUT2D eigenvalue weighted by Crippen LogP contribution is 2.26. The van der Waals surface area contributed by atoms with Gasteiger partial charge in [-0.2, -0.15) is 4.98 Å². The van der Waals surface area contributed by atoms with Crippen molar-refractivity contribution in [2.45, 2.75) is 25.6 Å². The highest BCUT2D eigenvalue weighted by molar-refractivity contribution is 7.98. The molecule has 0 aliphatic rings. The van der Waals surface area contributed by atoms with Gasteiger partial charge in [-0.25, -0.2) is 4.98 Å². The van der Waals surface area contributed by atoms with Crippen molar-refractivity contribution in [2.24, 2.45) is 0 Å². The number of hydrogen-bond donors (Lipinski definition) is 1. The van der Waals surface area contributed by atoms with E-state index in [9.17, 15) is 5.11 Å². The average Bonchev–Trinajstić information content (AvgIpc) is 2.43. The minimum Gasteiger partial charge on any atom is -0.438 e. The molecule has 1 heterocycles. The molecule has 100 valence electrons. The first-order valence-corrected chi connectivity index (χ1v) is 7.12. The molecule has 0 aliphatic heterocycles. The molecule has 2 rings (SSSR count). The van der Waals surface area contributed by atoms with Crippen molar-refractivity contribution in [1.82, 2.24) is 9.97 Å². The third kappa shape index (κ3) is 3.24. The van der Waals surface area contributed by atoms with E-state index in [4.69, 9.17) is 4.74 Å². The Morgan fingerprint density at radius 1 is 1.26 bits per heavy atom. The second-order valence-corrected chi connectivity index (χ2v) is 4.97. The number of benzene rings is 1. The molecule has 0 atom stereocenters. The molecule has 0 saturated carbocycles. The summed E-state index contributed by atoms with van der Waals surface area (Å²) in [6.07, 6.45) is 3.49. The second kappa shape index (κ2) is 6.04. The van der Waals surface area contributed by atoms with Gasteiger partial charge >= 0.3 is 0 Å². The number of ether oxygens (including phenoxy) is 1. The summed E-state index contributed by atoms with van der Waals surface area (Å²) >= 11 is 1.43. The van der Waals surface area contributed by atoms with Crippen molar-refractivity contribution in [3.63, 3.8) is 0 Å². The summed E-state index contributed by atoms with van der Waals surface area (Å²) in [5.41, 5.74) is 2.94. The SMILES string of the molecule is CSc1ncc(CO)c(Oc2ccc(C)c(C)c2)n1. The molecule has 1 aromatic carbocycles. The third-order valence-corrected chi connectivity index (χ3v) is 3.41. The maximum absolute atomic E-state index is 9.29. The van der Waals surface area contributed by atoms with Gasteiger partial charge in [0.1, 0.15) is 5.75 Å². The molecule has 0 unspecified atom stereocenters. The molecule has 0 bridgehead atoms. The fourth-order valence-corrected chi connectivity index (χ4v) is 1.89. The first kappa shape index (κ1) is 13.8. The maximum Gasteiger partial charge on any atom is 0.228 e. The van der Waals surface area contributed by atoms with Gasteiger partial charge in [-0.1, -0.05) is 17.8 Å². The summed E-state index contributed by atoms with van der Waals surface area (Å²) in [6.45, 7) is 3.94. The molecule has 0 aliphatic carbocycles. The predicted octanol–water partition coefficient (Wildman–Crippen LogP) is 3.10. The Morgan fingerprint density at radius 3 is 2.68 bits per heavy atom. The van der Waals surface area contributed by atoms with Gasteiger partial charge in [0.25, 0.3) is 0 Å². The largest absolute Gasteiger partial charge is 0.438 e. The van der Waals surface area contributed by atoms with Crippen LogP contribution in [0.2, 0.25) is 0 Å². The molecule has 0 spiro atoms. The molecule has 0 fully saturated rings. The Morgan fingerprint density at radius 2 is 2.05 bits per heavy atom. The van der Waals surface area contributed by atoms with E-state index in [0.717, 1.165) is 5.56 Å². The van der Waals surface area contributed by atoms with Crippen LogP contribution in [0.1, 0.15) is 16.7 Å². The highest BCUT2D eigenvalue weighted by Gasteiger charge is 2.09. The monoisotopic (exact) mass is 276 g/mol. The number of hydrogen-bond acceptors (Lipinski definition) is 5. The topological polar surface area (TPSA) is 55.2 Å². The lowest BCUT2D eigenvalue weighted by atomic mass is 10.1. The summed E-state index contributed by atoms with van der Waals surface area (Å²) < 4.78 is 5.75. The van der Waals surface area contributed by atoms with E-state index in [1.807, 2.05) is 31.4 Å². The van der Waals surface area contributed by atoms with Crippen LogP contribution in [-0.2, 0) is 6.61 Å². The van der Waals surface area contributed by atoms with E-state index < -0.39 is 0 Å². The smallest absolute Gasteiger partial charge is 0.228 e. The zero-order valence-electron chi connectivity index (χ0n) is 11.2. The highest BCUT2D eigenvalue weighted by atomic mass is 32.2. The van der Waals surface area contributed by atoms with Crippen LogP contribution in [0.25, 0.3) is 0 Å². The molecule has 1 N–H and O–H groups in total. The van der Waals surface area contributed by atoms with Gasteiger partial charge in [-0.05, 0) is 43.4 Å². The van der Waals surface area contributed by atoms with Crippen LogP contribution in [0.3, 0.4) is 0 Å². The van der Waals surface area contributed by atoms with Crippen LogP contribution in [-0.4, -0.2) is 21.3 Å². The molecular weight excluding hydrogens is 260 g/mol. The summed E-state index contributed by atoms with van der Waals surface area (Å²) in [7, 11) is 0. The zero-order chi connectivity index (χ0) is 13.8. The third-order valence-electron chi connectivity index (χ3n) is 2.85. The van der Waals surface area contributed by atoms with Crippen molar-refractivity contribution >= 4 is 11.8 Å². The molecule has 4 nitrogen and oxygen atoms in total. The lowest BCUT2D eigenvalue weighted by Crippen LogP contribution is -1.98. The van der Waals surface area contributed by atoms with E-state index in [0.29, 0.717) is 22.3 Å². The van der Waals surface area contributed by atoms with Crippen LogP contribution >= 0.6 is 11.8 Å². The number of aromatic nitrogens is 2. The second-order valence-electron chi connectivity index (χ2n) is 4.19. The molecule has 1 aromatic heterocycles. The molecule has 19 heavy (non-hydrogen) atoms. The first-order valence-electron chi connectivity index (χ1n) is 5.90. The average molecular weight is 276 g/mol. The van der Waals surface area contributed by atoms with Crippen LogP contribution < -0.4 is 4.74 Å². The van der Waals surface area contributed by atoms with Crippen molar-refractivity contribution in [2.75, 3.05) is 6.26 Å². The summed E-state index contributed by atoms with van der Waals surface area (Å²) in [4.78, 5) is 8.39. The van der Waals surface area contributed by atoms with Gasteiger partial charge in [0.05, 0.1) is 12.2 Å². The normalized spacial score (nSPS) is 10.5. The Bertz CT molecular complexity index is 588. The lowest BCUT2D eigenvalue weighted by molar-refractivity contribution is 0.273. The maximum atomic E-state index is 9.29. The number of thioether (sulfide) groups is 1. The number of aryl methyl sites for hydroxylation is 2. The summed E-state index contributed by atoms with van der Waals surface area (Å²) in [5, 5.41) is 9.91. The van der Waals surface area contributed by atoms with Gasteiger partial charge in [0.2, 0.25) is 5.88 Å². The fourth-order valence-electron chi connectivity index (χ4n) is 1.56. The minimum absolute atomic E-state index is 0.144. The Labute approximate surface area is 116 Å². The van der Waals surface area contributed by atoms with Gasteiger partial charge in [0, 0.05) is 6.20 Å². The zero-order valence-corrected chi connectivity index (χ0v) is 12.0. The van der Waals surface area contributed by atoms with Crippen molar-refractivity contribution < 1.29 is 9.84 Å². The van der Waals surface area contributed by atoms with Crippen LogP contribution in [0, 0.1) is 13.8 Å². The van der Waals surface area contributed by atoms with E-state index >= 15 is 0 Å². The molecule has 0 radical (unpaired) electrons. The standard InChI is InChI=1S/C14H16N2O2S/c1-9-4-5-12(6-10(9)2)18-13-11(8-17)7-15-14(16-13)19-3/h4-7,17H,8H2,1-3H3. The van der Waals surface area contributed by atoms with Crippen LogP contribution in [0.5, 0.6) is 11.6 Å². The number of aliphatic hydroxyl groups is 1. The molecule has 2 aromatic rings. The van der Waals surface area contributed by atoms with E-state index in [-0.39, 0.29) is 6.61 Å². The Balaban J connectivity index is 2.33. The number of aliphatic hydroxyl groups excluding tert-OH is 1. The van der Waals surface area contributed by atoms with Gasteiger partial charge in [-0.3, -0.25) is 0 Å². The number of rotatable bonds is 4. The molecule has 0 saturated heterocycles. The van der Waals surface area contributed by atoms with Crippen molar-refractivity contribution in [1.29, 1.82) is 0 Å². The van der Waals surface area contributed by atoms with E-state index in [1.165, 1.54) is 17.3 Å². The lowest BCUT2D eigenvalue weighted by Gasteiger charge is -2.10. The minimum atomic E-state index is -0.144. The van der Waals surface area contributed by atoms with Gasteiger partial charge in [0.15, 0.2) is 5.16 Å². The summed E-state index contributed by atoms with van der Waals surface area (Å²) in [5.74, 6) is 1.12. The Kier molecular flexibility index (Phi) is 4.39. The molecular formula is C14H16N2O2S. The fraction of sp³-hybridized carbons (Fsp3) is 0.286. The van der Waals surface area contributed by atoms with Gasteiger partial charge in [-0.15, -0.1) is 0 Å². The van der Waals surface area contributed by atoms with E-state index in [1.54, 1.807) is 6.20 Å². The summed E-state index contributed by atoms with van der Waals surface area (Å²) in [6, 6.07) is 5.85. The van der Waals surface area contributed by atoms with Crippen molar-refractivity contribution in [3.8, 4) is 11.6 Å². The quantitative estimate of drug-likeness (QED) is 0.687. The van der Waals surface area contributed by atoms with Gasteiger partial charge < -0.3 is 9.84 Å².